The van der Waals surface area contributed by atoms with Crippen LogP contribution in [0.5, 0.6) is 5.75 Å². The summed E-state index contributed by atoms with van der Waals surface area (Å²) in [4.78, 5) is 36.2. The number of esters is 1. The van der Waals surface area contributed by atoms with Crippen LogP contribution in [0, 0.1) is 0 Å². The fourth-order valence-electron chi connectivity index (χ4n) is 2.91. The Kier molecular flexibility index (Phi) is 4.84. The zero-order valence-corrected chi connectivity index (χ0v) is 14.0. The van der Waals surface area contributed by atoms with E-state index in [0.29, 0.717) is 10.9 Å². The van der Waals surface area contributed by atoms with E-state index in [9.17, 15) is 19.5 Å². The Balaban J connectivity index is 2.19. The number of fused-ring (bicyclic) bond motifs is 1. The molecule has 0 aliphatic heterocycles. The molecular weight excluding hydrogens is 336 g/mol. The van der Waals surface area contributed by atoms with Crippen LogP contribution in [-0.2, 0) is 14.3 Å². The van der Waals surface area contributed by atoms with Crippen molar-refractivity contribution in [1.82, 2.24) is 0 Å². The fourth-order valence-corrected chi connectivity index (χ4v) is 2.91. The van der Waals surface area contributed by atoms with Crippen LogP contribution in [0.15, 0.2) is 63.8 Å². The second kappa shape index (κ2) is 7.23. The molecule has 1 N–H and O–H groups in total. The molecule has 2 aromatic carbocycles. The van der Waals surface area contributed by atoms with Gasteiger partial charge < -0.3 is 14.3 Å². The predicted molar refractivity (Wildman–Crippen MR) is 94.1 cm³/mol. The van der Waals surface area contributed by atoms with Gasteiger partial charge in [0.1, 0.15) is 11.3 Å². The highest BCUT2D eigenvalue weighted by Gasteiger charge is 2.29. The topological polar surface area (TPSA) is 93.8 Å². The van der Waals surface area contributed by atoms with Crippen molar-refractivity contribution >= 4 is 22.7 Å². The van der Waals surface area contributed by atoms with Crippen molar-refractivity contribution in [3.63, 3.8) is 0 Å². The van der Waals surface area contributed by atoms with Crippen LogP contribution in [0.4, 0.5) is 0 Å². The van der Waals surface area contributed by atoms with Gasteiger partial charge in [-0.15, -0.1) is 0 Å². The van der Waals surface area contributed by atoms with Crippen molar-refractivity contribution in [2.45, 2.75) is 12.3 Å². The number of para-hydroxylation sites is 1. The fraction of sp³-hybridized carbons (Fsp3) is 0.150. The number of ketones is 1. The van der Waals surface area contributed by atoms with E-state index >= 15 is 0 Å². The Hall–Kier alpha value is -3.41. The summed E-state index contributed by atoms with van der Waals surface area (Å²) < 4.78 is 9.76. The van der Waals surface area contributed by atoms with Gasteiger partial charge in [0, 0.05) is 12.3 Å². The Morgan fingerprint density at radius 1 is 1.08 bits per heavy atom. The number of benzene rings is 2. The molecule has 3 aromatic rings. The molecule has 0 saturated carbocycles. The highest BCUT2D eigenvalue weighted by atomic mass is 16.5. The van der Waals surface area contributed by atoms with Crippen molar-refractivity contribution < 1.29 is 23.8 Å². The summed E-state index contributed by atoms with van der Waals surface area (Å²) in [6.07, 6.45) is -0.326. The minimum atomic E-state index is -1.00. The van der Waals surface area contributed by atoms with E-state index in [0.717, 1.165) is 7.11 Å². The summed E-state index contributed by atoms with van der Waals surface area (Å²) in [6.45, 7) is 0. The SMILES string of the molecule is COC(=O)C(=O)C[C@H](c1ccccc1)c1c(O)c2ccccc2oc1=O. The molecule has 1 aromatic heterocycles. The van der Waals surface area contributed by atoms with Gasteiger partial charge in [-0.05, 0) is 17.7 Å². The molecule has 0 spiro atoms. The molecule has 6 heteroatoms. The van der Waals surface area contributed by atoms with Gasteiger partial charge in [-0.2, -0.15) is 0 Å². The van der Waals surface area contributed by atoms with Crippen molar-refractivity contribution in [1.29, 1.82) is 0 Å². The van der Waals surface area contributed by atoms with Gasteiger partial charge in [0.05, 0.1) is 18.1 Å². The normalized spacial score (nSPS) is 11.9. The van der Waals surface area contributed by atoms with E-state index in [-0.39, 0.29) is 23.3 Å². The Bertz CT molecular complexity index is 1020. The minimum absolute atomic E-state index is 0.0628. The third-order valence-corrected chi connectivity index (χ3v) is 4.17. The van der Waals surface area contributed by atoms with Crippen LogP contribution in [0.25, 0.3) is 11.0 Å². The highest BCUT2D eigenvalue weighted by molar-refractivity contribution is 6.33. The summed E-state index contributed by atoms with van der Waals surface area (Å²) in [7, 11) is 1.11. The van der Waals surface area contributed by atoms with Gasteiger partial charge in [0.15, 0.2) is 0 Å². The maximum absolute atomic E-state index is 12.5. The van der Waals surface area contributed by atoms with E-state index < -0.39 is 23.3 Å². The molecule has 26 heavy (non-hydrogen) atoms. The summed E-state index contributed by atoms with van der Waals surface area (Å²) in [5.74, 6) is -2.91. The summed E-state index contributed by atoms with van der Waals surface area (Å²) in [5, 5.41) is 11.0. The van der Waals surface area contributed by atoms with Crippen LogP contribution in [0.1, 0.15) is 23.5 Å². The summed E-state index contributed by atoms with van der Waals surface area (Å²) in [5.41, 5.74) is 0.0207. The lowest BCUT2D eigenvalue weighted by molar-refractivity contribution is -0.151. The first-order valence-electron chi connectivity index (χ1n) is 7.93. The van der Waals surface area contributed by atoms with Crippen molar-refractivity contribution in [3.8, 4) is 5.75 Å². The molecule has 132 valence electrons. The van der Waals surface area contributed by atoms with Crippen LogP contribution in [-0.4, -0.2) is 24.0 Å². The minimum Gasteiger partial charge on any atom is -0.507 e. The number of carbonyl (C=O) groups excluding carboxylic acids is 2. The van der Waals surface area contributed by atoms with Crippen LogP contribution >= 0.6 is 0 Å². The number of ether oxygens (including phenoxy) is 1. The molecule has 0 radical (unpaired) electrons. The van der Waals surface area contributed by atoms with Gasteiger partial charge in [-0.3, -0.25) is 4.79 Å². The molecule has 0 amide bonds. The van der Waals surface area contributed by atoms with Crippen molar-refractivity contribution in [3.05, 3.63) is 76.1 Å². The van der Waals surface area contributed by atoms with Crippen molar-refractivity contribution in [2.75, 3.05) is 7.11 Å². The van der Waals surface area contributed by atoms with Crippen molar-refractivity contribution in [2.24, 2.45) is 0 Å². The second-order valence-electron chi connectivity index (χ2n) is 5.73. The number of methoxy groups -OCH3 is 1. The largest absolute Gasteiger partial charge is 0.507 e. The lowest BCUT2D eigenvalue weighted by Crippen LogP contribution is -2.22. The number of carbonyl (C=O) groups is 2. The van der Waals surface area contributed by atoms with E-state index in [1.165, 1.54) is 0 Å². The number of hydrogen-bond acceptors (Lipinski definition) is 6. The van der Waals surface area contributed by atoms with Gasteiger partial charge in [-0.1, -0.05) is 42.5 Å². The van der Waals surface area contributed by atoms with E-state index in [2.05, 4.69) is 4.74 Å². The zero-order valence-electron chi connectivity index (χ0n) is 14.0. The van der Waals surface area contributed by atoms with Gasteiger partial charge in [-0.25, -0.2) is 9.59 Å². The Morgan fingerprint density at radius 3 is 2.42 bits per heavy atom. The number of hydrogen-bond donors (Lipinski definition) is 1. The molecule has 0 aliphatic rings. The molecule has 0 fully saturated rings. The molecule has 0 unspecified atom stereocenters. The molecule has 1 atom stereocenters. The monoisotopic (exact) mass is 352 g/mol. The molecule has 0 saturated heterocycles. The average Bonchev–Trinajstić information content (AvgIpc) is 2.67. The molecule has 6 nitrogen and oxygen atoms in total. The average molecular weight is 352 g/mol. The zero-order chi connectivity index (χ0) is 18.7. The molecule has 1 heterocycles. The first-order chi connectivity index (χ1) is 12.5. The number of rotatable bonds is 5. The highest BCUT2D eigenvalue weighted by Crippen LogP contribution is 2.36. The first-order valence-corrected chi connectivity index (χ1v) is 7.93. The van der Waals surface area contributed by atoms with E-state index in [4.69, 9.17) is 4.42 Å². The maximum Gasteiger partial charge on any atom is 0.374 e. The van der Waals surface area contributed by atoms with E-state index in [1.54, 1.807) is 54.6 Å². The Labute approximate surface area is 148 Å². The Morgan fingerprint density at radius 2 is 1.73 bits per heavy atom. The smallest absolute Gasteiger partial charge is 0.374 e. The van der Waals surface area contributed by atoms with Crippen LogP contribution in [0.2, 0.25) is 0 Å². The standard InChI is InChI=1S/C20H16O6/c1-25-19(23)15(21)11-14(12-7-3-2-4-8-12)17-18(22)13-9-5-6-10-16(13)26-20(17)24/h2-10,14,22H,11H2,1H3/t14-/m1/s1. The number of aromatic hydroxyl groups is 1. The quantitative estimate of drug-likeness (QED) is 0.431. The third kappa shape index (κ3) is 3.21. The van der Waals surface area contributed by atoms with E-state index in [1.807, 2.05) is 0 Å². The molecular formula is C20H16O6. The molecule has 0 aliphatic carbocycles. The maximum atomic E-state index is 12.5. The van der Waals surface area contributed by atoms with Gasteiger partial charge >= 0.3 is 11.6 Å². The summed E-state index contributed by atoms with van der Waals surface area (Å²) >= 11 is 0. The predicted octanol–water partition coefficient (Wildman–Crippen LogP) is 2.76. The van der Waals surface area contributed by atoms with Gasteiger partial charge in [0.2, 0.25) is 5.78 Å². The third-order valence-electron chi connectivity index (χ3n) is 4.17. The lowest BCUT2D eigenvalue weighted by Gasteiger charge is -2.17. The molecule has 3 rings (SSSR count). The second-order valence-corrected chi connectivity index (χ2v) is 5.73. The summed E-state index contributed by atoms with van der Waals surface area (Å²) in [6, 6.07) is 15.2. The van der Waals surface area contributed by atoms with Crippen LogP contribution in [0.3, 0.4) is 0 Å². The number of Topliss-reactive ketones (excluding diaryl/α,β-unsaturated/α-hetero) is 1. The van der Waals surface area contributed by atoms with Gasteiger partial charge in [0.25, 0.3) is 0 Å². The first kappa shape index (κ1) is 17.4. The van der Waals surface area contributed by atoms with Crippen LogP contribution < -0.4 is 5.63 Å². The molecule has 0 bridgehead atoms. The lowest BCUT2D eigenvalue weighted by atomic mass is 9.87.